The molecule has 0 radical (unpaired) electrons. The summed E-state index contributed by atoms with van der Waals surface area (Å²) in [6, 6.07) is 14.6. The zero-order valence-electron chi connectivity index (χ0n) is 13.1. The van der Waals surface area contributed by atoms with Crippen molar-refractivity contribution >= 4 is 5.69 Å². The number of para-hydroxylation sites is 1. The smallest absolute Gasteiger partial charge is 0.231 e. The largest absolute Gasteiger partial charge is 0.454 e. The molecule has 0 amide bonds. The zero-order valence-corrected chi connectivity index (χ0v) is 13.1. The molecule has 1 N–H and O–H groups in total. The number of likely N-dealkylation sites (N-methyl/N-ethyl adjacent to an activating group) is 1. The van der Waals surface area contributed by atoms with Gasteiger partial charge in [0.2, 0.25) is 6.79 Å². The molecular formula is C18H22N2O2. The van der Waals surface area contributed by atoms with Crippen molar-refractivity contribution < 1.29 is 9.47 Å². The van der Waals surface area contributed by atoms with Crippen molar-refractivity contribution in [1.29, 1.82) is 0 Å². The molecular weight excluding hydrogens is 276 g/mol. The lowest BCUT2D eigenvalue weighted by atomic mass is 10.2. The van der Waals surface area contributed by atoms with E-state index in [2.05, 4.69) is 41.5 Å². The summed E-state index contributed by atoms with van der Waals surface area (Å²) in [4.78, 5) is 2.30. The number of benzene rings is 2. The first-order chi connectivity index (χ1) is 10.8. The average Bonchev–Trinajstić information content (AvgIpc) is 3.15. The van der Waals surface area contributed by atoms with Crippen LogP contribution in [0.3, 0.4) is 0 Å². The molecule has 0 saturated carbocycles. The van der Waals surface area contributed by atoms with Gasteiger partial charge < -0.3 is 19.7 Å². The van der Waals surface area contributed by atoms with E-state index < -0.39 is 0 Å². The third-order valence-corrected chi connectivity index (χ3v) is 3.94. The average molecular weight is 298 g/mol. The summed E-state index contributed by atoms with van der Waals surface area (Å²) in [7, 11) is 4.07. The summed E-state index contributed by atoms with van der Waals surface area (Å²) in [6.45, 7) is 2.38. The van der Waals surface area contributed by atoms with Crippen LogP contribution in [0.15, 0.2) is 42.5 Å². The third kappa shape index (κ3) is 3.17. The van der Waals surface area contributed by atoms with Crippen LogP contribution in [-0.4, -0.2) is 27.4 Å². The highest BCUT2D eigenvalue weighted by Crippen LogP contribution is 2.32. The van der Waals surface area contributed by atoms with Crippen molar-refractivity contribution in [3.05, 3.63) is 53.6 Å². The number of rotatable bonds is 2. The van der Waals surface area contributed by atoms with Crippen LogP contribution in [0.5, 0.6) is 11.5 Å². The van der Waals surface area contributed by atoms with Crippen LogP contribution in [0.4, 0.5) is 5.69 Å². The van der Waals surface area contributed by atoms with Crippen LogP contribution in [-0.2, 0) is 13.0 Å². The Morgan fingerprint density at radius 1 is 1.09 bits per heavy atom. The highest BCUT2D eigenvalue weighted by atomic mass is 16.7. The van der Waals surface area contributed by atoms with E-state index in [4.69, 9.17) is 9.47 Å². The molecule has 0 aliphatic carbocycles. The van der Waals surface area contributed by atoms with Crippen molar-refractivity contribution in [2.24, 2.45) is 0 Å². The standard InChI is InChI=1S/C9H11NO2.C9H11N/c1-10-5-7-2-3-8-9(4-7)12-6-11-8;1-10-7-6-8-4-2-3-5-9(8)10/h2-4,10H,5-6H2,1H3;2-5H,6-7H2,1H3. The van der Waals surface area contributed by atoms with E-state index in [1.165, 1.54) is 29.8 Å². The van der Waals surface area contributed by atoms with Crippen LogP contribution >= 0.6 is 0 Å². The molecule has 2 aliphatic heterocycles. The summed E-state index contributed by atoms with van der Waals surface area (Å²) in [5.41, 5.74) is 4.11. The lowest BCUT2D eigenvalue weighted by Gasteiger charge is -2.10. The maximum absolute atomic E-state index is 5.24. The Bertz CT molecular complexity index is 643. The normalized spacial score (nSPS) is 14.4. The maximum atomic E-state index is 5.24. The van der Waals surface area contributed by atoms with E-state index in [1.807, 2.05) is 25.2 Å². The van der Waals surface area contributed by atoms with Gasteiger partial charge in [-0.1, -0.05) is 24.3 Å². The number of nitrogens with one attached hydrogen (secondary N) is 1. The summed E-state index contributed by atoms with van der Waals surface area (Å²) >= 11 is 0. The van der Waals surface area contributed by atoms with Gasteiger partial charge in [-0.15, -0.1) is 0 Å². The molecule has 22 heavy (non-hydrogen) atoms. The number of ether oxygens (including phenoxy) is 2. The van der Waals surface area contributed by atoms with E-state index in [0.29, 0.717) is 6.79 Å². The van der Waals surface area contributed by atoms with Crippen molar-refractivity contribution in [1.82, 2.24) is 5.32 Å². The predicted octanol–water partition coefficient (Wildman–Crippen LogP) is 2.81. The van der Waals surface area contributed by atoms with E-state index in [0.717, 1.165) is 18.0 Å². The summed E-state index contributed by atoms with van der Waals surface area (Å²) in [5, 5.41) is 3.08. The molecule has 0 saturated heterocycles. The fourth-order valence-electron chi connectivity index (χ4n) is 2.76. The maximum Gasteiger partial charge on any atom is 0.231 e. The Morgan fingerprint density at radius 2 is 1.91 bits per heavy atom. The van der Waals surface area contributed by atoms with Crippen molar-refractivity contribution in [3.63, 3.8) is 0 Å². The fourth-order valence-corrected chi connectivity index (χ4v) is 2.76. The molecule has 2 heterocycles. The van der Waals surface area contributed by atoms with Gasteiger partial charge in [-0.05, 0) is 42.8 Å². The molecule has 0 atom stereocenters. The minimum absolute atomic E-state index is 0.346. The lowest BCUT2D eigenvalue weighted by Crippen LogP contribution is -2.12. The van der Waals surface area contributed by atoms with Crippen LogP contribution in [0.1, 0.15) is 11.1 Å². The fraction of sp³-hybridized carbons (Fsp3) is 0.333. The minimum atomic E-state index is 0.346. The lowest BCUT2D eigenvalue weighted by molar-refractivity contribution is 0.174. The van der Waals surface area contributed by atoms with Gasteiger partial charge in [0.1, 0.15) is 0 Å². The SMILES string of the molecule is CN1CCc2ccccc21.CNCc1ccc2c(c1)OCO2. The van der Waals surface area contributed by atoms with Gasteiger partial charge in [0.05, 0.1) is 0 Å². The van der Waals surface area contributed by atoms with Gasteiger partial charge in [0, 0.05) is 25.8 Å². The molecule has 2 aromatic rings. The van der Waals surface area contributed by atoms with Gasteiger partial charge in [0.15, 0.2) is 11.5 Å². The second-order valence-corrected chi connectivity index (χ2v) is 5.52. The third-order valence-electron chi connectivity index (χ3n) is 3.94. The number of hydrogen-bond donors (Lipinski definition) is 1. The Hall–Kier alpha value is -2.20. The molecule has 0 spiro atoms. The van der Waals surface area contributed by atoms with Gasteiger partial charge >= 0.3 is 0 Å². The molecule has 0 aromatic heterocycles. The quantitative estimate of drug-likeness (QED) is 0.924. The van der Waals surface area contributed by atoms with Crippen LogP contribution in [0.2, 0.25) is 0 Å². The van der Waals surface area contributed by atoms with Gasteiger partial charge in [0.25, 0.3) is 0 Å². The van der Waals surface area contributed by atoms with E-state index >= 15 is 0 Å². The van der Waals surface area contributed by atoms with Gasteiger partial charge in [-0.25, -0.2) is 0 Å². The summed E-state index contributed by atoms with van der Waals surface area (Å²) < 4.78 is 10.4. The molecule has 0 fully saturated rings. The summed E-state index contributed by atoms with van der Waals surface area (Å²) in [6.07, 6.45) is 1.21. The Labute approximate surface area is 131 Å². The van der Waals surface area contributed by atoms with Gasteiger partial charge in [-0.3, -0.25) is 0 Å². The molecule has 0 unspecified atom stereocenters. The van der Waals surface area contributed by atoms with Crippen molar-refractivity contribution in [3.8, 4) is 11.5 Å². The molecule has 4 rings (SSSR count). The Kier molecular flexibility index (Phi) is 4.49. The molecule has 0 bridgehead atoms. The van der Waals surface area contributed by atoms with Crippen LogP contribution in [0.25, 0.3) is 0 Å². The Morgan fingerprint density at radius 3 is 2.73 bits per heavy atom. The van der Waals surface area contributed by atoms with E-state index in [1.54, 1.807) is 0 Å². The van der Waals surface area contributed by atoms with E-state index in [-0.39, 0.29) is 0 Å². The number of fused-ring (bicyclic) bond motifs is 2. The highest BCUT2D eigenvalue weighted by molar-refractivity contribution is 5.56. The first kappa shape index (κ1) is 14.7. The molecule has 2 aliphatic rings. The molecule has 4 nitrogen and oxygen atoms in total. The van der Waals surface area contributed by atoms with E-state index in [9.17, 15) is 0 Å². The van der Waals surface area contributed by atoms with Crippen LogP contribution < -0.4 is 19.7 Å². The Balaban J connectivity index is 0.000000133. The monoisotopic (exact) mass is 298 g/mol. The second kappa shape index (κ2) is 6.71. The van der Waals surface area contributed by atoms with Crippen LogP contribution in [0, 0.1) is 0 Å². The number of nitrogens with zero attached hydrogens (tertiary/aromatic N) is 1. The first-order valence-corrected chi connectivity index (χ1v) is 7.60. The number of hydrogen-bond acceptors (Lipinski definition) is 4. The molecule has 4 heteroatoms. The minimum Gasteiger partial charge on any atom is -0.454 e. The molecule has 116 valence electrons. The first-order valence-electron chi connectivity index (χ1n) is 7.60. The second-order valence-electron chi connectivity index (χ2n) is 5.52. The topological polar surface area (TPSA) is 33.7 Å². The van der Waals surface area contributed by atoms with Crippen molar-refractivity contribution in [2.45, 2.75) is 13.0 Å². The molecule has 2 aromatic carbocycles. The van der Waals surface area contributed by atoms with Gasteiger partial charge in [-0.2, -0.15) is 0 Å². The predicted molar refractivity (Wildman–Crippen MR) is 88.7 cm³/mol. The van der Waals surface area contributed by atoms with Crippen molar-refractivity contribution in [2.75, 3.05) is 32.3 Å². The highest BCUT2D eigenvalue weighted by Gasteiger charge is 2.13. The number of anilines is 1. The zero-order chi connectivity index (χ0) is 15.4. The summed E-state index contributed by atoms with van der Waals surface area (Å²) in [5.74, 6) is 1.69.